The number of amides is 1. The van der Waals surface area contributed by atoms with E-state index in [2.05, 4.69) is 23.6 Å². The first-order chi connectivity index (χ1) is 12.8. The minimum Gasteiger partial charge on any atom is -0.388 e. The highest BCUT2D eigenvalue weighted by molar-refractivity contribution is 5.76. The number of aliphatic hydroxyl groups is 1. The highest BCUT2D eigenvalue weighted by Crippen LogP contribution is 2.25. The number of likely N-dealkylation sites (tertiary alicyclic amines) is 1. The highest BCUT2D eigenvalue weighted by atomic mass is 16.3. The number of unbranched alkanes of at least 4 members (excludes halogenated alkanes) is 2. The fourth-order valence-electron chi connectivity index (χ4n) is 4.17. The summed E-state index contributed by atoms with van der Waals surface area (Å²) in [4.78, 5) is 30.0. The molecule has 156 valence electrons. The Kier molecular flexibility index (Phi) is 8.70. The van der Waals surface area contributed by atoms with Crippen LogP contribution in [0.15, 0.2) is 0 Å². The molecule has 0 aromatic heterocycles. The quantitative estimate of drug-likeness (QED) is 0.618. The first-order valence-corrected chi connectivity index (χ1v) is 10.7. The van der Waals surface area contributed by atoms with Gasteiger partial charge in [0.15, 0.2) is 0 Å². The zero-order chi connectivity index (χ0) is 19.9. The van der Waals surface area contributed by atoms with Gasteiger partial charge in [0.2, 0.25) is 5.91 Å². The van der Waals surface area contributed by atoms with Crippen molar-refractivity contribution < 1.29 is 14.7 Å². The molecule has 0 spiro atoms. The first kappa shape index (κ1) is 22.3. The van der Waals surface area contributed by atoms with E-state index in [1.807, 2.05) is 4.90 Å². The Labute approximate surface area is 164 Å². The van der Waals surface area contributed by atoms with E-state index in [4.69, 9.17) is 0 Å². The van der Waals surface area contributed by atoms with Gasteiger partial charge in [0.25, 0.3) is 0 Å². The zero-order valence-corrected chi connectivity index (χ0v) is 17.6. The Balaban J connectivity index is 1.63. The van der Waals surface area contributed by atoms with Crippen LogP contribution in [0.1, 0.15) is 65.7 Å². The molecule has 6 heteroatoms. The fraction of sp³-hybridized carbons (Fsp3) is 0.905. The molecule has 27 heavy (non-hydrogen) atoms. The minimum atomic E-state index is -0.575. The maximum Gasteiger partial charge on any atom is 0.222 e. The largest absolute Gasteiger partial charge is 0.388 e. The lowest BCUT2D eigenvalue weighted by Gasteiger charge is -2.44. The lowest BCUT2D eigenvalue weighted by Crippen LogP contribution is -2.56. The van der Waals surface area contributed by atoms with Crippen molar-refractivity contribution in [1.82, 2.24) is 14.7 Å². The first-order valence-electron chi connectivity index (χ1n) is 10.7. The van der Waals surface area contributed by atoms with Crippen molar-refractivity contribution in [1.29, 1.82) is 0 Å². The summed E-state index contributed by atoms with van der Waals surface area (Å²) in [5.41, 5.74) is -0.575. The number of nitrogens with zero attached hydrogens (tertiary/aromatic N) is 3. The van der Waals surface area contributed by atoms with Gasteiger partial charge in [-0.25, -0.2) is 0 Å². The molecule has 1 amide bonds. The van der Waals surface area contributed by atoms with Gasteiger partial charge in [-0.2, -0.15) is 0 Å². The number of carbonyl (C=O) groups is 2. The van der Waals surface area contributed by atoms with Crippen LogP contribution in [0.4, 0.5) is 0 Å². The van der Waals surface area contributed by atoms with Gasteiger partial charge >= 0.3 is 0 Å². The monoisotopic (exact) mass is 381 g/mol. The molecule has 2 aliphatic rings. The Morgan fingerprint density at radius 3 is 2.07 bits per heavy atom. The van der Waals surface area contributed by atoms with Crippen LogP contribution in [0.2, 0.25) is 0 Å². The van der Waals surface area contributed by atoms with Crippen LogP contribution in [0.25, 0.3) is 0 Å². The standard InChI is InChI=1S/C21H39N3O3/c1-18(2)23-11-9-21(27,10-12-23)17-22-13-15-24(16-14-22)20(26)8-6-4-5-7-19(3)25/h18,27H,4-17H2,1-3H3. The molecule has 0 atom stereocenters. The molecule has 0 unspecified atom stereocenters. The van der Waals surface area contributed by atoms with Crippen LogP contribution in [0, 0.1) is 0 Å². The average molecular weight is 382 g/mol. The third-order valence-electron chi connectivity index (χ3n) is 6.12. The summed E-state index contributed by atoms with van der Waals surface area (Å²) in [5.74, 6) is 0.468. The van der Waals surface area contributed by atoms with Crippen molar-refractivity contribution in [3.05, 3.63) is 0 Å². The molecule has 0 bridgehead atoms. The third-order valence-corrected chi connectivity index (χ3v) is 6.12. The molecule has 2 fully saturated rings. The predicted molar refractivity (Wildman–Crippen MR) is 108 cm³/mol. The number of rotatable bonds is 9. The zero-order valence-electron chi connectivity index (χ0n) is 17.6. The van der Waals surface area contributed by atoms with Crippen LogP contribution < -0.4 is 0 Å². The number of piperazine rings is 1. The van der Waals surface area contributed by atoms with E-state index in [1.165, 1.54) is 0 Å². The smallest absolute Gasteiger partial charge is 0.222 e. The van der Waals surface area contributed by atoms with Gasteiger partial charge in [-0.15, -0.1) is 0 Å². The number of hydrogen-bond donors (Lipinski definition) is 1. The lowest BCUT2D eigenvalue weighted by molar-refractivity contribution is -0.133. The lowest BCUT2D eigenvalue weighted by atomic mass is 9.90. The Bertz CT molecular complexity index is 479. The molecule has 0 aromatic rings. The van der Waals surface area contributed by atoms with Gasteiger partial charge in [-0.05, 0) is 46.5 Å². The second-order valence-corrected chi connectivity index (χ2v) is 8.77. The molecule has 2 rings (SSSR count). The molecule has 0 radical (unpaired) electrons. The van der Waals surface area contributed by atoms with Gasteiger partial charge in [0.1, 0.15) is 5.78 Å². The summed E-state index contributed by atoms with van der Waals surface area (Å²) in [6.45, 7) is 11.9. The Morgan fingerprint density at radius 1 is 0.926 bits per heavy atom. The maximum absolute atomic E-state index is 12.3. The second kappa shape index (κ2) is 10.5. The van der Waals surface area contributed by atoms with Crippen LogP contribution in [-0.4, -0.2) is 89.0 Å². The molecular weight excluding hydrogens is 342 g/mol. The molecule has 0 aliphatic carbocycles. The van der Waals surface area contributed by atoms with Crippen LogP contribution in [0.3, 0.4) is 0 Å². The molecule has 2 saturated heterocycles. The molecule has 2 aliphatic heterocycles. The summed E-state index contributed by atoms with van der Waals surface area (Å²) in [6.07, 6.45) is 5.61. The van der Waals surface area contributed by atoms with Crippen molar-refractivity contribution in [2.75, 3.05) is 45.8 Å². The average Bonchev–Trinajstić information content (AvgIpc) is 2.61. The minimum absolute atomic E-state index is 0.231. The molecule has 0 aromatic carbocycles. The highest BCUT2D eigenvalue weighted by Gasteiger charge is 2.35. The van der Waals surface area contributed by atoms with Crippen molar-refractivity contribution >= 4 is 11.7 Å². The van der Waals surface area contributed by atoms with E-state index in [0.29, 0.717) is 18.9 Å². The summed E-state index contributed by atoms with van der Waals surface area (Å²) in [5, 5.41) is 10.9. The Morgan fingerprint density at radius 2 is 1.52 bits per heavy atom. The van der Waals surface area contributed by atoms with Gasteiger partial charge < -0.3 is 19.7 Å². The van der Waals surface area contributed by atoms with E-state index >= 15 is 0 Å². The molecule has 1 N–H and O–H groups in total. The number of piperidine rings is 1. The predicted octanol–water partition coefficient (Wildman–Crippen LogP) is 1.91. The molecule has 0 saturated carbocycles. The van der Waals surface area contributed by atoms with Gasteiger partial charge in [-0.3, -0.25) is 9.69 Å². The number of carbonyl (C=O) groups excluding carboxylic acids is 2. The maximum atomic E-state index is 12.3. The topological polar surface area (TPSA) is 64.1 Å². The summed E-state index contributed by atoms with van der Waals surface area (Å²) in [7, 11) is 0. The third kappa shape index (κ3) is 7.51. The van der Waals surface area contributed by atoms with Crippen molar-refractivity contribution in [2.24, 2.45) is 0 Å². The van der Waals surface area contributed by atoms with Crippen molar-refractivity contribution in [3.8, 4) is 0 Å². The van der Waals surface area contributed by atoms with E-state index in [1.54, 1.807) is 6.92 Å². The van der Waals surface area contributed by atoms with Crippen LogP contribution in [0.5, 0.6) is 0 Å². The number of Topliss-reactive ketones (excluding diaryl/α,β-unsaturated/α-hetero) is 1. The summed E-state index contributed by atoms with van der Waals surface area (Å²) in [6, 6.07) is 0.548. The van der Waals surface area contributed by atoms with E-state index in [-0.39, 0.29) is 11.7 Å². The number of ketones is 1. The van der Waals surface area contributed by atoms with E-state index in [0.717, 1.165) is 77.9 Å². The molecule has 6 nitrogen and oxygen atoms in total. The SMILES string of the molecule is CC(=O)CCCCCC(=O)N1CCN(CC2(O)CCN(C(C)C)CC2)CC1. The van der Waals surface area contributed by atoms with Gasteiger partial charge in [-0.1, -0.05) is 6.42 Å². The van der Waals surface area contributed by atoms with Crippen molar-refractivity contribution in [2.45, 2.75) is 77.4 Å². The fourth-order valence-corrected chi connectivity index (χ4v) is 4.17. The van der Waals surface area contributed by atoms with E-state index < -0.39 is 5.60 Å². The van der Waals surface area contributed by atoms with Gasteiger partial charge in [0, 0.05) is 64.7 Å². The second-order valence-electron chi connectivity index (χ2n) is 8.77. The Hall–Kier alpha value is -0.980. The van der Waals surface area contributed by atoms with E-state index in [9.17, 15) is 14.7 Å². The summed E-state index contributed by atoms with van der Waals surface area (Å²) < 4.78 is 0. The van der Waals surface area contributed by atoms with Crippen LogP contribution in [-0.2, 0) is 9.59 Å². The molecule has 2 heterocycles. The van der Waals surface area contributed by atoms with Crippen molar-refractivity contribution in [3.63, 3.8) is 0 Å². The van der Waals surface area contributed by atoms with Gasteiger partial charge in [0.05, 0.1) is 5.60 Å². The molecular formula is C21H39N3O3. The number of hydrogen-bond acceptors (Lipinski definition) is 5. The number of β-amino-alcohol motifs (C(OH)–C–C–N with tert-alkyl or cyclic N) is 1. The normalized spacial score (nSPS) is 21.6. The van der Waals surface area contributed by atoms with Crippen LogP contribution >= 0.6 is 0 Å². The summed E-state index contributed by atoms with van der Waals surface area (Å²) >= 11 is 0.